The fraction of sp³-hybridized carbons (Fsp3) is 0.294. The second kappa shape index (κ2) is 5.82. The third-order valence-corrected chi connectivity index (χ3v) is 5.89. The summed E-state index contributed by atoms with van der Waals surface area (Å²) in [5, 5.41) is 0. The van der Waals surface area contributed by atoms with Crippen molar-refractivity contribution in [2.75, 3.05) is 13.1 Å². The molecule has 1 saturated heterocycles. The molecule has 0 spiro atoms. The quantitative estimate of drug-likeness (QED) is 0.869. The Morgan fingerprint density at radius 2 is 1.73 bits per heavy atom. The summed E-state index contributed by atoms with van der Waals surface area (Å²) in [6, 6.07) is 13.5. The molecular weight excluding hydrogens is 301 g/mol. The predicted molar refractivity (Wildman–Crippen MR) is 83.5 cm³/mol. The molecule has 0 unspecified atom stereocenters. The van der Waals surface area contributed by atoms with Crippen LogP contribution >= 0.6 is 0 Å². The molecule has 0 aliphatic carbocycles. The molecule has 116 valence electrons. The molecule has 1 fully saturated rings. The van der Waals surface area contributed by atoms with E-state index in [1.807, 2.05) is 6.92 Å². The van der Waals surface area contributed by atoms with E-state index in [9.17, 15) is 12.8 Å². The zero-order valence-electron chi connectivity index (χ0n) is 12.4. The molecule has 0 radical (unpaired) electrons. The van der Waals surface area contributed by atoms with Gasteiger partial charge in [0.2, 0.25) is 10.0 Å². The summed E-state index contributed by atoms with van der Waals surface area (Å²) in [6.45, 7) is 2.82. The standard InChI is InChI=1S/C17H18FNO2S/c1-13-6-8-16(9-7-13)22(20,21)19-11-14(12-19)10-15-4-2-3-5-17(15)18/h2-9,14H,10-12H2,1H3. The highest BCUT2D eigenvalue weighted by Crippen LogP contribution is 2.28. The molecular formula is C17H18FNO2S. The van der Waals surface area contributed by atoms with Crippen LogP contribution in [-0.2, 0) is 16.4 Å². The van der Waals surface area contributed by atoms with Crippen molar-refractivity contribution in [2.24, 2.45) is 5.92 Å². The Morgan fingerprint density at radius 1 is 1.09 bits per heavy atom. The van der Waals surface area contributed by atoms with Gasteiger partial charge in [-0.05, 0) is 43.0 Å². The van der Waals surface area contributed by atoms with Crippen molar-refractivity contribution in [3.05, 3.63) is 65.5 Å². The number of hydrogen-bond donors (Lipinski definition) is 0. The first kappa shape index (κ1) is 15.2. The summed E-state index contributed by atoms with van der Waals surface area (Å²) in [6.07, 6.45) is 0.576. The number of hydrogen-bond acceptors (Lipinski definition) is 2. The Balaban J connectivity index is 1.65. The van der Waals surface area contributed by atoms with Crippen LogP contribution < -0.4 is 0 Å². The second-order valence-corrected chi connectivity index (χ2v) is 7.73. The Kier molecular flexibility index (Phi) is 4.02. The predicted octanol–water partition coefficient (Wildman–Crippen LogP) is 3.00. The number of benzene rings is 2. The third kappa shape index (κ3) is 2.91. The molecule has 0 bridgehead atoms. The van der Waals surface area contributed by atoms with Gasteiger partial charge in [-0.2, -0.15) is 4.31 Å². The highest BCUT2D eigenvalue weighted by Gasteiger charge is 2.36. The molecule has 2 aromatic rings. The largest absolute Gasteiger partial charge is 0.243 e. The van der Waals surface area contributed by atoms with E-state index in [-0.39, 0.29) is 11.7 Å². The van der Waals surface area contributed by atoms with Gasteiger partial charge in [0.05, 0.1) is 4.90 Å². The zero-order chi connectivity index (χ0) is 15.7. The Morgan fingerprint density at radius 3 is 2.36 bits per heavy atom. The minimum absolute atomic E-state index is 0.178. The van der Waals surface area contributed by atoms with Crippen LogP contribution in [0.3, 0.4) is 0 Å². The van der Waals surface area contributed by atoms with E-state index >= 15 is 0 Å². The topological polar surface area (TPSA) is 37.4 Å². The van der Waals surface area contributed by atoms with E-state index in [0.29, 0.717) is 30.0 Å². The maximum atomic E-state index is 13.6. The summed E-state index contributed by atoms with van der Waals surface area (Å²) in [4.78, 5) is 0.322. The van der Waals surface area contributed by atoms with Crippen molar-refractivity contribution in [3.63, 3.8) is 0 Å². The van der Waals surface area contributed by atoms with Crippen LogP contribution in [0.2, 0.25) is 0 Å². The van der Waals surface area contributed by atoms with Gasteiger partial charge in [-0.25, -0.2) is 12.8 Å². The van der Waals surface area contributed by atoms with E-state index in [4.69, 9.17) is 0 Å². The van der Waals surface area contributed by atoms with E-state index in [1.165, 1.54) is 10.4 Å². The first-order valence-corrected chi connectivity index (χ1v) is 8.71. The van der Waals surface area contributed by atoms with Crippen molar-refractivity contribution < 1.29 is 12.8 Å². The highest BCUT2D eigenvalue weighted by molar-refractivity contribution is 7.89. The number of halogens is 1. The van der Waals surface area contributed by atoms with Gasteiger partial charge in [0.1, 0.15) is 5.82 Å². The SMILES string of the molecule is Cc1ccc(S(=O)(=O)N2CC(Cc3ccccc3F)C2)cc1. The summed E-state index contributed by atoms with van der Waals surface area (Å²) in [7, 11) is -3.41. The number of rotatable bonds is 4. The lowest BCUT2D eigenvalue weighted by atomic mass is 9.94. The average molecular weight is 319 g/mol. The Labute approximate surface area is 130 Å². The van der Waals surface area contributed by atoms with Gasteiger partial charge >= 0.3 is 0 Å². The Hall–Kier alpha value is -1.72. The minimum atomic E-state index is -3.41. The van der Waals surface area contributed by atoms with Crippen molar-refractivity contribution in [1.82, 2.24) is 4.31 Å². The molecule has 0 N–H and O–H groups in total. The smallest absolute Gasteiger partial charge is 0.207 e. The van der Waals surface area contributed by atoms with Gasteiger partial charge in [0, 0.05) is 13.1 Å². The van der Waals surface area contributed by atoms with Gasteiger partial charge < -0.3 is 0 Å². The molecule has 0 amide bonds. The van der Waals surface area contributed by atoms with Gasteiger partial charge in [0.25, 0.3) is 0 Å². The zero-order valence-corrected chi connectivity index (χ0v) is 13.2. The maximum absolute atomic E-state index is 13.6. The molecule has 1 aliphatic heterocycles. The second-order valence-electron chi connectivity index (χ2n) is 5.80. The van der Waals surface area contributed by atoms with Crippen molar-refractivity contribution >= 4 is 10.0 Å². The first-order chi connectivity index (χ1) is 10.5. The van der Waals surface area contributed by atoms with Crippen LogP contribution in [0.4, 0.5) is 4.39 Å². The van der Waals surface area contributed by atoms with E-state index in [2.05, 4.69) is 0 Å². The fourth-order valence-corrected chi connectivity index (χ4v) is 4.27. The summed E-state index contributed by atoms with van der Waals surface area (Å²) >= 11 is 0. The van der Waals surface area contributed by atoms with E-state index in [0.717, 1.165) is 5.56 Å². The van der Waals surface area contributed by atoms with Crippen molar-refractivity contribution in [2.45, 2.75) is 18.2 Å². The van der Waals surface area contributed by atoms with Gasteiger partial charge in [0.15, 0.2) is 0 Å². The molecule has 1 aliphatic rings. The summed E-state index contributed by atoms with van der Waals surface area (Å²) in [5.74, 6) is -0.0422. The third-order valence-electron chi connectivity index (χ3n) is 4.05. The molecule has 3 nitrogen and oxygen atoms in total. The summed E-state index contributed by atoms with van der Waals surface area (Å²) < 4.78 is 40.0. The fourth-order valence-electron chi connectivity index (χ4n) is 2.68. The van der Waals surface area contributed by atoms with Gasteiger partial charge in [-0.15, -0.1) is 0 Å². The molecule has 0 aromatic heterocycles. The molecule has 5 heteroatoms. The normalized spacial score (nSPS) is 16.5. The number of aryl methyl sites for hydroxylation is 1. The lowest BCUT2D eigenvalue weighted by Gasteiger charge is -2.38. The molecule has 0 saturated carbocycles. The van der Waals surface area contributed by atoms with Crippen molar-refractivity contribution in [1.29, 1.82) is 0 Å². The van der Waals surface area contributed by atoms with Crippen LogP contribution in [0, 0.1) is 18.7 Å². The highest BCUT2D eigenvalue weighted by atomic mass is 32.2. The minimum Gasteiger partial charge on any atom is -0.207 e. The van der Waals surface area contributed by atoms with Crippen LogP contribution in [0.5, 0.6) is 0 Å². The van der Waals surface area contributed by atoms with E-state index in [1.54, 1.807) is 42.5 Å². The number of sulfonamides is 1. The summed E-state index contributed by atoms with van der Waals surface area (Å²) in [5.41, 5.74) is 1.68. The van der Waals surface area contributed by atoms with Gasteiger partial charge in [-0.1, -0.05) is 35.9 Å². The molecule has 1 heterocycles. The molecule has 3 rings (SSSR count). The lowest BCUT2D eigenvalue weighted by molar-refractivity contribution is 0.199. The van der Waals surface area contributed by atoms with Crippen LogP contribution in [0.1, 0.15) is 11.1 Å². The monoisotopic (exact) mass is 319 g/mol. The van der Waals surface area contributed by atoms with Crippen LogP contribution in [-0.4, -0.2) is 25.8 Å². The number of nitrogens with zero attached hydrogens (tertiary/aromatic N) is 1. The van der Waals surface area contributed by atoms with Crippen LogP contribution in [0.25, 0.3) is 0 Å². The molecule has 0 atom stereocenters. The van der Waals surface area contributed by atoms with E-state index < -0.39 is 10.0 Å². The molecule has 22 heavy (non-hydrogen) atoms. The van der Waals surface area contributed by atoms with Gasteiger partial charge in [-0.3, -0.25) is 0 Å². The van der Waals surface area contributed by atoms with Crippen LogP contribution in [0.15, 0.2) is 53.4 Å². The Bertz CT molecular complexity index is 766. The maximum Gasteiger partial charge on any atom is 0.243 e. The average Bonchev–Trinajstić information content (AvgIpc) is 2.44. The van der Waals surface area contributed by atoms with Crippen molar-refractivity contribution in [3.8, 4) is 0 Å². The molecule has 2 aromatic carbocycles. The first-order valence-electron chi connectivity index (χ1n) is 7.27. The lowest BCUT2D eigenvalue weighted by Crippen LogP contribution is -2.50.